The predicted molar refractivity (Wildman–Crippen MR) is 69.2 cm³/mol. The lowest BCUT2D eigenvalue weighted by atomic mass is 10.4. The molecule has 0 fully saturated rings. The van der Waals surface area contributed by atoms with Gasteiger partial charge in [0.05, 0.1) is 4.88 Å². The SMILES string of the molecule is O=C(Nc1cccc(Br)n1)c1ccc(C(F)(F)F)s1. The average molecular weight is 351 g/mol. The van der Waals surface area contributed by atoms with E-state index >= 15 is 0 Å². The number of rotatable bonds is 2. The maximum Gasteiger partial charge on any atom is 0.425 e. The quantitative estimate of drug-likeness (QED) is 0.825. The summed E-state index contributed by atoms with van der Waals surface area (Å²) in [6.07, 6.45) is -4.43. The van der Waals surface area contributed by atoms with Crippen LogP contribution in [0.1, 0.15) is 14.5 Å². The number of nitrogens with one attached hydrogen (secondary N) is 1. The maximum atomic E-state index is 12.4. The zero-order valence-corrected chi connectivity index (χ0v) is 11.6. The van der Waals surface area contributed by atoms with Crippen LogP contribution in [-0.2, 0) is 6.18 Å². The van der Waals surface area contributed by atoms with Gasteiger partial charge in [0.2, 0.25) is 0 Å². The smallest absolute Gasteiger partial charge is 0.306 e. The fourth-order valence-corrected chi connectivity index (χ4v) is 2.38. The highest BCUT2D eigenvalue weighted by atomic mass is 79.9. The first-order valence-electron chi connectivity index (χ1n) is 4.97. The van der Waals surface area contributed by atoms with E-state index in [0.29, 0.717) is 15.9 Å². The Hall–Kier alpha value is -1.41. The normalized spacial score (nSPS) is 11.4. The van der Waals surface area contributed by atoms with Crippen molar-refractivity contribution >= 4 is 39.0 Å². The van der Waals surface area contributed by atoms with Gasteiger partial charge in [-0.2, -0.15) is 13.2 Å². The van der Waals surface area contributed by atoms with Crippen LogP contribution in [0.25, 0.3) is 0 Å². The van der Waals surface area contributed by atoms with E-state index in [1.165, 1.54) is 0 Å². The molecule has 1 N–H and O–H groups in total. The van der Waals surface area contributed by atoms with Crippen LogP contribution < -0.4 is 5.32 Å². The summed E-state index contributed by atoms with van der Waals surface area (Å²) in [6, 6.07) is 6.89. The summed E-state index contributed by atoms with van der Waals surface area (Å²) in [6.45, 7) is 0. The monoisotopic (exact) mass is 350 g/mol. The Kier molecular flexibility index (Phi) is 3.91. The molecule has 2 aromatic rings. The van der Waals surface area contributed by atoms with E-state index < -0.39 is 17.0 Å². The Balaban J connectivity index is 2.14. The second-order valence-electron chi connectivity index (χ2n) is 3.46. The van der Waals surface area contributed by atoms with Crippen LogP contribution >= 0.6 is 27.3 Å². The highest BCUT2D eigenvalue weighted by molar-refractivity contribution is 9.10. The first-order chi connectivity index (χ1) is 8.86. The van der Waals surface area contributed by atoms with Crippen molar-refractivity contribution in [1.29, 1.82) is 0 Å². The summed E-state index contributed by atoms with van der Waals surface area (Å²) >= 11 is 3.52. The molecule has 0 unspecified atom stereocenters. The molecule has 0 saturated heterocycles. The predicted octanol–water partition coefficient (Wildman–Crippen LogP) is 4.18. The van der Waals surface area contributed by atoms with Crippen LogP contribution in [-0.4, -0.2) is 10.9 Å². The Bertz CT molecular complexity index is 612. The van der Waals surface area contributed by atoms with Gasteiger partial charge in [0.1, 0.15) is 15.3 Å². The average Bonchev–Trinajstić information content (AvgIpc) is 2.77. The number of hydrogen-bond acceptors (Lipinski definition) is 3. The molecule has 0 bridgehead atoms. The number of pyridine rings is 1. The third-order valence-corrected chi connectivity index (χ3v) is 3.64. The topological polar surface area (TPSA) is 42.0 Å². The lowest BCUT2D eigenvalue weighted by Gasteiger charge is -2.03. The number of carbonyl (C=O) groups is 1. The van der Waals surface area contributed by atoms with Crippen LogP contribution in [0.5, 0.6) is 0 Å². The molecule has 8 heteroatoms. The van der Waals surface area contributed by atoms with E-state index in [0.717, 1.165) is 12.1 Å². The molecule has 0 aliphatic heterocycles. The van der Waals surface area contributed by atoms with Crippen molar-refractivity contribution in [2.75, 3.05) is 5.32 Å². The number of aromatic nitrogens is 1. The number of amides is 1. The van der Waals surface area contributed by atoms with Gasteiger partial charge in [-0.05, 0) is 40.2 Å². The second-order valence-corrected chi connectivity index (χ2v) is 5.36. The number of alkyl halides is 3. The van der Waals surface area contributed by atoms with Gasteiger partial charge in [-0.15, -0.1) is 11.3 Å². The Labute approximate surface area is 118 Å². The first kappa shape index (κ1) is 14.0. The molecule has 0 aliphatic rings. The summed E-state index contributed by atoms with van der Waals surface area (Å²) in [5, 5.41) is 2.43. The summed E-state index contributed by atoms with van der Waals surface area (Å²) in [5.74, 6) is -0.354. The largest absolute Gasteiger partial charge is 0.425 e. The molecule has 0 atom stereocenters. The molecule has 100 valence electrons. The minimum atomic E-state index is -4.43. The van der Waals surface area contributed by atoms with Gasteiger partial charge in [-0.3, -0.25) is 4.79 Å². The van der Waals surface area contributed by atoms with Crippen molar-refractivity contribution in [2.45, 2.75) is 6.18 Å². The van der Waals surface area contributed by atoms with E-state index in [1.807, 2.05) is 0 Å². The summed E-state index contributed by atoms with van der Waals surface area (Å²) in [7, 11) is 0. The highest BCUT2D eigenvalue weighted by Gasteiger charge is 2.33. The third kappa shape index (κ3) is 3.54. The molecular formula is C11H6BrF3N2OS. The number of thiophene rings is 1. The number of halogens is 4. The van der Waals surface area contributed by atoms with Gasteiger partial charge in [-0.1, -0.05) is 6.07 Å². The van der Waals surface area contributed by atoms with Gasteiger partial charge < -0.3 is 5.32 Å². The molecule has 0 spiro atoms. The molecule has 1 amide bonds. The molecular weight excluding hydrogens is 345 g/mol. The maximum absolute atomic E-state index is 12.4. The summed E-state index contributed by atoms with van der Waals surface area (Å²) in [5.41, 5.74) is 0. The molecule has 0 radical (unpaired) electrons. The van der Waals surface area contributed by atoms with Crippen LogP contribution in [0.15, 0.2) is 34.9 Å². The molecule has 2 aromatic heterocycles. The van der Waals surface area contributed by atoms with Crippen molar-refractivity contribution in [2.24, 2.45) is 0 Å². The van der Waals surface area contributed by atoms with Crippen LogP contribution in [0, 0.1) is 0 Å². The van der Waals surface area contributed by atoms with E-state index in [1.54, 1.807) is 18.2 Å². The van der Waals surface area contributed by atoms with Crippen LogP contribution in [0.2, 0.25) is 0 Å². The Morgan fingerprint density at radius 3 is 2.58 bits per heavy atom. The molecule has 2 heterocycles. The van der Waals surface area contributed by atoms with Gasteiger partial charge in [0.15, 0.2) is 0 Å². The van der Waals surface area contributed by atoms with Gasteiger partial charge in [0, 0.05) is 0 Å². The van der Waals surface area contributed by atoms with Gasteiger partial charge >= 0.3 is 6.18 Å². The van der Waals surface area contributed by atoms with Crippen molar-refractivity contribution in [3.8, 4) is 0 Å². The number of hydrogen-bond donors (Lipinski definition) is 1. The summed E-state index contributed by atoms with van der Waals surface area (Å²) in [4.78, 5) is 14.9. The lowest BCUT2D eigenvalue weighted by molar-refractivity contribution is -0.134. The fourth-order valence-electron chi connectivity index (χ4n) is 1.27. The van der Waals surface area contributed by atoms with Crippen molar-refractivity contribution in [3.63, 3.8) is 0 Å². The van der Waals surface area contributed by atoms with E-state index in [-0.39, 0.29) is 10.7 Å². The molecule has 19 heavy (non-hydrogen) atoms. The summed E-state index contributed by atoms with van der Waals surface area (Å²) < 4.78 is 37.7. The van der Waals surface area contributed by atoms with Crippen LogP contribution in [0.3, 0.4) is 0 Å². The molecule has 0 aromatic carbocycles. The zero-order valence-electron chi connectivity index (χ0n) is 9.16. The Morgan fingerprint density at radius 1 is 1.26 bits per heavy atom. The highest BCUT2D eigenvalue weighted by Crippen LogP contribution is 2.34. The lowest BCUT2D eigenvalue weighted by Crippen LogP contribution is -2.11. The fraction of sp³-hybridized carbons (Fsp3) is 0.0909. The van der Waals surface area contributed by atoms with Crippen molar-refractivity contribution in [3.05, 3.63) is 44.7 Å². The van der Waals surface area contributed by atoms with Gasteiger partial charge in [-0.25, -0.2) is 4.98 Å². The Morgan fingerprint density at radius 2 is 2.00 bits per heavy atom. The van der Waals surface area contributed by atoms with Crippen molar-refractivity contribution < 1.29 is 18.0 Å². The third-order valence-electron chi connectivity index (χ3n) is 2.07. The number of carbonyl (C=O) groups excluding carboxylic acids is 1. The first-order valence-corrected chi connectivity index (χ1v) is 6.58. The van der Waals surface area contributed by atoms with Crippen molar-refractivity contribution in [1.82, 2.24) is 4.98 Å². The molecule has 0 aliphatic carbocycles. The standard InChI is InChI=1S/C11H6BrF3N2OS/c12-8-2-1-3-9(16-8)17-10(18)6-4-5-7(19-6)11(13,14)15/h1-5H,(H,16,17,18). The van der Waals surface area contributed by atoms with E-state index in [4.69, 9.17) is 0 Å². The number of anilines is 1. The second kappa shape index (κ2) is 5.30. The molecule has 0 saturated carbocycles. The molecule has 3 nitrogen and oxygen atoms in total. The van der Waals surface area contributed by atoms with Gasteiger partial charge in [0.25, 0.3) is 5.91 Å². The van der Waals surface area contributed by atoms with E-state index in [9.17, 15) is 18.0 Å². The van der Waals surface area contributed by atoms with E-state index in [2.05, 4.69) is 26.2 Å². The zero-order chi connectivity index (χ0) is 14.0. The molecule has 2 rings (SSSR count). The minimum absolute atomic E-state index is 0.0194. The van der Waals surface area contributed by atoms with Crippen LogP contribution in [0.4, 0.5) is 19.0 Å². The minimum Gasteiger partial charge on any atom is -0.306 e. The number of nitrogens with zero attached hydrogens (tertiary/aromatic N) is 1.